The maximum absolute atomic E-state index is 2.91. The van der Waals surface area contributed by atoms with Crippen LogP contribution >= 0.6 is 0 Å². The monoisotopic (exact) mass is 346 g/mol. The Labute approximate surface area is 166 Å². The van der Waals surface area contributed by atoms with Crippen molar-refractivity contribution in [2.45, 2.75) is 0 Å². The molecule has 28 heavy (non-hydrogen) atoms. The highest BCUT2D eigenvalue weighted by Gasteiger charge is 1.79. The maximum atomic E-state index is 2.91. The van der Waals surface area contributed by atoms with Crippen molar-refractivity contribution in [3.05, 3.63) is 71.8 Å². The van der Waals surface area contributed by atoms with E-state index in [0.717, 1.165) is 11.1 Å². The zero-order valence-electron chi connectivity index (χ0n) is 14.8. The largest absolute Gasteiger partial charge is 0.0622 e. The van der Waals surface area contributed by atoms with Crippen molar-refractivity contribution in [1.82, 2.24) is 0 Å². The Morgan fingerprint density at radius 2 is 0.536 bits per heavy atom. The molecule has 122 valence electrons. The molecule has 0 aliphatic rings. The Balaban J connectivity index is 1.77. The maximum Gasteiger partial charge on any atom is 0.0255 e. The second-order valence-electron chi connectivity index (χ2n) is 4.73. The Morgan fingerprint density at radius 3 is 0.821 bits per heavy atom. The molecule has 0 aliphatic heterocycles. The van der Waals surface area contributed by atoms with Crippen LogP contribution in [0.1, 0.15) is 11.1 Å². The van der Waals surface area contributed by atoms with Gasteiger partial charge in [-0.25, -0.2) is 0 Å². The van der Waals surface area contributed by atoms with Crippen LogP contribution in [-0.2, 0) is 0 Å². The van der Waals surface area contributed by atoms with Gasteiger partial charge in [0.25, 0.3) is 0 Å². The molecule has 0 N–H and O–H groups in total. The predicted octanol–water partition coefficient (Wildman–Crippen LogP) is 3.11. The van der Waals surface area contributed by atoms with Gasteiger partial charge in [0.2, 0.25) is 0 Å². The molecule has 2 aromatic rings. The van der Waals surface area contributed by atoms with E-state index in [2.05, 4.69) is 94.7 Å². The molecule has 2 aromatic carbocycles. The van der Waals surface area contributed by atoms with Crippen LogP contribution in [0.2, 0.25) is 0 Å². The zero-order chi connectivity index (χ0) is 19.5. The Bertz CT molecular complexity index is 1200. The van der Waals surface area contributed by atoms with Gasteiger partial charge in [0.05, 0.1) is 0 Å². The lowest BCUT2D eigenvalue weighted by atomic mass is 10.2. The lowest BCUT2D eigenvalue weighted by molar-refractivity contribution is 1.65. The highest BCUT2D eigenvalue weighted by atomic mass is 13.8. The van der Waals surface area contributed by atoms with Crippen molar-refractivity contribution in [3.8, 4) is 94.7 Å². The van der Waals surface area contributed by atoms with Crippen LogP contribution in [0, 0.1) is 94.7 Å². The lowest BCUT2D eigenvalue weighted by Gasteiger charge is -1.83. The first-order chi connectivity index (χ1) is 13.9. The summed E-state index contributed by atoms with van der Waals surface area (Å²) < 4.78 is 0. The van der Waals surface area contributed by atoms with Crippen LogP contribution < -0.4 is 0 Å². The van der Waals surface area contributed by atoms with Gasteiger partial charge in [-0.05, 0) is 107 Å². The molecule has 0 aliphatic carbocycles. The molecule has 0 nitrogen and oxygen atoms in total. The summed E-state index contributed by atoms with van der Waals surface area (Å²) in [5.41, 5.74) is 1.82. The molecule has 0 amide bonds. The highest BCUT2D eigenvalue weighted by molar-refractivity contribution is 5.47. The smallest absolute Gasteiger partial charge is 0.0255 e. The van der Waals surface area contributed by atoms with Gasteiger partial charge >= 0.3 is 0 Å². The van der Waals surface area contributed by atoms with Gasteiger partial charge < -0.3 is 0 Å². The van der Waals surface area contributed by atoms with Gasteiger partial charge in [-0.1, -0.05) is 48.2 Å². The summed E-state index contributed by atoms with van der Waals surface area (Å²) in [4.78, 5) is 0. The summed E-state index contributed by atoms with van der Waals surface area (Å²) in [7, 11) is 0. The molecule has 0 spiro atoms. The SMILES string of the molecule is C(C#CC#CC#CC#Cc1ccccc1)#CC#CC#CC#Cc1ccccc1. The van der Waals surface area contributed by atoms with Crippen LogP contribution in [0.3, 0.4) is 0 Å². The molecule has 0 unspecified atom stereocenters. The van der Waals surface area contributed by atoms with Crippen LogP contribution in [0.4, 0.5) is 0 Å². The van der Waals surface area contributed by atoms with E-state index in [1.165, 1.54) is 0 Å². The Morgan fingerprint density at radius 1 is 0.286 bits per heavy atom. The van der Waals surface area contributed by atoms with Crippen LogP contribution in [0.25, 0.3) is 0 Å². The van der Waals surface area contributed by atoms with E-state index in [0.29, 0.717) is 0 Å². The average Bonchev–Trinajstić information content (AvgIpc) is 2.75. The fourth-order valence-corrected chi connectivity index (χ4v) is 1.62. The van der Waals surface area contributed by atoms with E-state index in [1.54, 1.807) is 0 Å². The van der Waals surface area contributed by atoms with Gasteiger partial charge in [0, 0.05) is 11.1 Å². The van der Waals surface area contributed by atoms with Gasteiger partial charge in [-0.2, -0.15) is 0 Å². The number of hydrogen-bond donors (Lipinski definition) is 0. The van der Waals surface area contributed by atoms with E-state index < -0.39 is 0 Å². The highest BCUT2D eigenvalue weighted by Crippen LogP contribution is 1.94. The molecule has 0 heteroatoms. The molecule has 2 rings (SSSR count). The minimum Gasteiger partial charge on any atom is -0.0622 e. The zero-order valence-corrected chi connectivity index (χ0v) is 14.8. The molecule has 0 fully saturated rings. The summed E-state index contributed by atoms with van der Waals surface area (Å²) in [6.45, 7) is 0. The lowest BCUT2D eigenvalue weighted by Crippen LogP contribution is -1.68. The normalized spacial score (nSPS) is 6.43. The number of rotatable bonds is 0. The molecule has 0 heterocycles. The summed E-state index contributed by atoms with van der Waals surface area (Å²) in [5, 5.41) is 0. The van der Waals surface area contributed by atoms with Crippen LogP contribution in [-0.4, -0.2) is 0 Å². The minimum atomic E-state index is 0.911. The standard InChI is InChI=1S/C28H10/c1(3-5-7-9-11-15-21-27-23-17-13-18-24-27)2-4-6-8-10-12-16-22-28-25-19-14-20-26-28/h13-14,17-20,23-26H. The first-order valence-corrected chi connectivity index (χ1v) is 8.07. The van der Waals surface area contributed by atoms with Gasteiger partial charge in [-0.15, -0.1) is 0 Å². The number of benzene rings is 2. The second kappa shape index (κ2) is 13.2. The van der Waals surface area contributed by atoms with Crippen molar-refractivity contribution in [2.75, 3.05) is 0 Å². The van der Waals surface area contributed by atoms with Gasteiger partial charge in [0.15, 0.2) is 0 Å². The fourth-order valence-electron chi connectivity index (χ4n) is 1.62. The second-order valence-corrected chi connectivity index (χ2v) is 4.73. The fraction of sp³-hybridized carbons (Fsp3) is 0. The minimum absolute atomic E-state index is 0.911. The molecular formula is C28H10. The summed E-state index contributed by atoms with van der Waals surface area (Å²) >= 11 is 0. The van der Waals surface area contributed by atoms with E-state index in [9.17, 15) is 0 Å². The topological polar surface area (TPSA) is 0 Å². The first kappa shape index (κ1) is 19.2. The third kappa shape index (κ3) is 9.27. The molecule has 0 atom stereocenters. The summed E-state index contributed by atoms with van der Waals surface area (Å²) in [6, 6.07) is 19.2. The molecular weight excluding hydrogens is 336 g/mol. The van der Waals surface area contributed by atoms with Gasteiger partial charge in [-0.3, -0.25) is 0 Å². The summed E-state index contributed by atoms with van der Waals surface area (Å²) in [6.07, 6.45) is 0. The molecule has 0 saturated carbocycles. The van der Waals surface area contributed by atoms with E-state index in [1.807, 2.05) is 60.7 Å². The van der Waals surface area contributed by atoms with E-state index >= 15 is 0 Å². The molecule has 0 aromatic heterocycles. The van der Waals surface area contributed by atoms with Crippen molar-refractivity contribution in [1.29, 1.82) is 0 Å². The van der Waals surface area contributed by atoms with Crippen molar-refractivity contribution < 1.29 is 0 Å². The summed E-state index contributed by atoms with van der Waals surface area (Å²) in [5.74, 6) is 42.3. The van der Waals surface area contributed by atoms with Crippen molar-refractivity contribution >= 4 is 0 Å². The third-order valence-corrected chi connectivity index (χ3v) is 2.77. The van der Waals surface area contributed by atoms with E-state index in [-0.39, 0.29) is 0 Å². The quantitative estimate of drug-likeness (QED) is 0.643. The molecule has 0 saturated heterocycles. The average molecular weight is 346 g/mol. The van der Waals surface area contributed by atoms with Crippen molar-refractivity contribution in [2.24, 2.45) is 0 Å². The van der Waals surface area contributed by atoms with Crippen molar-refractivity contribution in [3.63, 3.8) is 0 Å². The Hall–Kier alpha value is -5.08. The van der Waals surface area contributed by atoms with Crippen LogP contribution in [0.15, 0.2) is 60.7 Å². The molecule has 0 radical (unpaired) electrons. The predicted molar refractivity (Wildman–Crippen MR) is 113 cm³/mol. The first-order valence-electron chi connectivity index (χ1n) is 8.07. The third-order valence-electron chi connectivity index (χ3n) is 2.77. The van der Waals surface area contributed by atoms with Gasteiger partial charge in [0.1, 0.15) is 0 Å². The molecule has 0 bridgehead atoms. The number of hydrogen-bond acceptors (Lipinski definition) is 0. The van der Waals surface area contributed by atoms with E-state index in [4.69, 9.17) is 0 Å². The Kier molecular flexibility index (Phi) is 9.10. The van der Waals surface area contributed by atoms with Crippen LogP contribution in [0.5, 0.6) is 0 Å².